The quantitative estimate of drug-likeness (QED) is 0.844. The molecule has 0 saturated carbocycles. The average Bonchev–Trinajstić information content (AvgIpc) is 2.43. The summed E-state index contributed by atoms with van der Waals surface area (Å²) in [6.07, 6.45) is 3.38. The van der Waals surface area contributed by atoms with Crippen LogP contribution in [0, 0.1) is 6.92 Å². The van der Waals surface area contributed by atoms with E-state index in [0.29, 0.717) is 11.1 Å². The summed E-state index contributed by atoms with van der Waals surface area (Å²) >= 11 is 0. The summed E-state index contributed by atoms with van der Waals surface area (Å²) in [4.78, 5) is 12.5. The summed E-state index contributed by atoms with van der Waals surface area (Å²) in [5.41, 5.74) is 1.49. The van der Waals surface area contributed by atoms with Crippen molar-refractivity contribution in [3.8, 4) is 0 Å². The predicted molar refractivity (Wildman–Crippen MR) is 74.9 cm³/mol. The van der Waals surface area contributed by atoms with Crippen LogP contribution in [0.25, 0.3) is 6.08 Å². The highest BCUT2D eigenvalue weighted by molar-refractivity contribution is 6.09. The monoisotopic (exact) mass is 250 g/mol. The largest absolute Gasteiger partial charge is 0.373 e. The maximum Gasteiger partial charge on any atom is 0.203 e. The highest BCUT2D eigenvalue weighted by atomic mass is 16.3. The minimum absolute atomic E-state index is 0.267. The Morgan fingerprint density at radius 1 is 1.05 bits per heavy atom. The lowest BCUT2D eigenvalue weighted by atomic mass is 9.80. The zero-order valence-electron chi connectivity index (χ0n) is 10.6. The number of aliphatic hydroxyl groups is 1. The Kier molecular flexibility index (Phi) is 2.61. The molecule has 2 heteroatoms. The molecular weight excluding hydrogens is 236 g/mol. The third-order valence-electron chi connectivity index (χ3n) is 3.51. The van der Waals surface area contributed by atoms with Gasteiger partial charge in [0.2, 0.25) is 5.78 Å². The van der Waals surface area contributed by atoms with Crippen LogP contribution in [0.1, 0.15) is 27.0 Å². The summed E-state index contributed by atoms with van der Waals surface area (Å²) in [7, 11) is 0. The van der Waals surface area contributed by atoms with Gasteiger partial charge in [-0.3, -0.25) is 4.79 Å². The SMILES string of the molecule is Cc1cccc(C2(O)C=Cc3ccccc3C2=O)c1. The van der Waals surface area contributed by atoms with E-state index in [4.69, 9.17) is 0 Å². The minimum atomic E-state index is -1.56. The van der Waals surface area contributed by atoms with Crippen molar-refractivity contribution in [2.75, 3.05) is 0 Å². The average molecular weight is 250 g/mol. The summed E-state index contributed by atoms with van der Waals surface area (Å²) in [6, 6.07) is 14.7. The Morgan fingerprint density at radius 3 is 2.63 bits per heavy atom. The van der Waals surface area contributed by atoms with E-state index >= 15 is 0 Å². The van der Waals surface area contributed by atoms with E-state index in [0.717, 1.165) is 11.1 Å². The van der Waals surface area contributed by atoms with Crippen LogP contribution < -0.4 is 0 Å². The molecule has 0 spiro atoms. The fraction of sp³-hybridized carbons (Fsp3) is 0.118. The Balaban J connectivity index is 2.16. The summed E-state index contributed by atoms with van der Waals surface area (Å²) < 4.78 is 0. The number of carbonyl (C=O) groups excluding carboxylic acids is 1. The van der Waals surface area contributed by atoms with Gasteiger partial charge in [0.15, 0.2) is 5.60 Å². The molecule has 1 unspecified atom stereocenters. The summed E-state index contributed by atoms with van der Waals surface area (Å²) in [5, 5.41) is 10.7. The Bertz CT molecular complexity index is 685. The molecule has 3 rings (SSSR count). The molecular formula is C17H14O2. The summed E-state index contributed by atoms with van der Waals surface area (Å²) in [5.74, 6) is -0.267. The van der Waals surface area contributed by atoms with Gasteiger partial charge in [0.25, 0.3) is 0 Å². The molecule has 1 atom stereocenters. The molecule has 0 aromatic heterocycles. The van der Waals surface area contributed by atoms with Gasteiger partial charge >= 0.3 is 0 Å². The molecule has 2 aromatic carbocycles. The standard InChI is InChI=1S/C17H14O2/c1-12-5-4-7-14(11-12)17(19)10-9-13-6-2-3-8-15(13)16(17)18/h2-11,19H,1H3. The van der Waals surface area contributed by atoms with Crippen LogP contribution >= 0.6 is 0 Å². The van der Waals surface area contributed by atoms with E-state index in [1.165, 1.54) is 0 Å². The van der Waals surface area contributed by atoms with Crippen LogP contribution in [0.3, 0.4) is 0 Å². The van der Waals surface area contributed by atoms with Gasteiger partial charge in [0.1, 0.15) is 0 Å². The first kappa shape index (κ1) is 11.9. The minimum Gasteiger partial charge on any atom is -0.373 e. The number of hydrogen-bond donors (Lipinski definition) is 1. The first-order chi connectivity index (χ1) is 9.11. The van der Waals surface area contributed by atoms with Crippen LogP contribution in [0.2, 0.25) is 0 Å². The van der Waals surface area contributed by atoms with Gasteiger partial charge in [0.05, 0.1) is 0 Å². The number of Topliss-reactive ketones (excluding diaryl/α,β-unsaturated/α-hetero) is 1. The van der Waals surface area contributed by atoms with E-state index in [1.54, 1.807) is 24.3 Å². The molecule has 19 heavy (non-hydrogen) atoms. The van der Waals surface area contributed by atoms with E-state index in [-0.39, 0.29) is 5.78 Å². The second-order valence-electron chi connectivity index (χ2n) is 4.89. The summed E-state index contributed by atoms with van der Waals surface area (Å²) in [6.45, 7) is 1.94. The van der Waals surface area contributed by atoms with Gasteiger partial charge in [0, 0.05) is 5.56 Å². The molecule has 1 aliphatic carbocycles. The van der Waals surface area contributed by atoms with E-state index < -0.39 is 5.60 Å². The van der Waals surface area contributed by atoms with Gasteiger partial charge in [-0.1, -0.05) is 60.2 Å². The van der Waals surface area contributed by atoms with Crippen molar-refractivity contribution < 1.29 is 9.90 Å². The van der Waals surface area contributed by atoms with Gasteiger partial charge in [-0.25, -0.2) is 0 Å². The molecule has 0 fully saturated rings. The van der Waals surface area contributed by atoms with Crippen LogP contribution in [0.15, 0.2) is 54.6 Å². The van der Waals surface area contributed by atoms with Gasteiger partial charge in [-0.15, -0.1) is 0 Å². The lowest BCUT2D eigenvalue weighted by Gasteiger charge is -2.28. The molecule has 2 nitrogen and oxygen atoms in total. The van der Waals surface area contributed by atoms with Crippen molar-refractivity contribution >= 4 is 11.9 Å². The van der Waals surface area contributed by atoms with Crippen LogP contribution in [0.4, 0.5) is 0 Å². The number of ketones is 1. The van der Waals surface area contributed by atoms with Gasteiger partial charge < -0.3 is 5.11 Å². The van der Waals surface area contributed by atoms with Gasteiger partial charge in [-0.2, -0.15) is 0 Å². The number of fused-ring (bicyclic) bond motifs is 1. The third kappa shape index (κ3) is 1.81. The molecule has 2 aromatic rings. The molecule has 0 heterocycles. The predicted octanol–water partition coefficient (Wildman–Crippen LogP) is 3.09. The molecule has 0 aliphatic heterocycles. The molecule has 0 radical (unpaired) electrons. The van der Waals surface area contributed by atoms with E-state index in [1.807, 2.05) is 43.3 Å². The first-order valence-electron chi connectivity index (χ1n) is 6.24. The van der Waals surface area contributed by atoms with Crippen molar-refractivity contribution in [3.63, 3.8) is 0 Å². The number of rotatable bonds is 1. The lowest BCUT2D eigenvalue weighted by Crippen LogP contribution is -2.36. The second kappa shape index (κ2) is 4.18. The number of hydrogen-bond acceptors (Lipinski definition) is 2. The molecule has 94 valence electrons. The zero-order chi connectivity index (χ0) is 13.5. The Labute approximate surface area is 112 Å². The van der Waals surface area contributed by atoms with Gasteiger partial charge in [-0.05, 0) is 24.1 Å². The molecule has 0 bridgehead atoms. The maximum absolute atomic E-state index is 12.5. The highest BCUT2D eigenvalue weighted by Gasteiger charge is 2.38. The molecule has 0 saturated heterocycles. The fourth-order valence-corrected chi connectivity index (χ4v) is 2.45. The van der Waals surface area contributed by atoms with Crippen molar-refractivity contribution in [1.82, 2.24) is 0 Å². The van der Waals surface area contributed by atoms with Crippen LogP contribution in [0.5, 0.6) is 0 Å². The topological polar surface area (TPSA) is 37.3 Å². The second-order valence-corrected chi connectivity index (χ2v) is 4.89. The molecule has 1 aliphatic rings. The smallest absolute Gasteiger partial charge is 0.203 e. The van der Waals surface area contributed by atoms with Crippen molar-refractivity contribution in [2.45, 2.75) is 12.5 Å². The van der Waals surface area contributed by atoms with Crippen LogP contribution in [-0.4, -0.2) is 10.9 Å². The lowest BCUT2D eigenvalue weighted by molar-refractivity contribution is 0.0515. The molecule has 0 amide bonds. The first-order valence-corrected chi connectivity index (χ1v) is 6.24. The fourth-order valence-electron chi connectivity index (χ4n) is 2.45. The number of carbonyl (C=O) groups is 1. The number of aryl methyl sites for hydroxylation is 1. The zero-order valence-corrected chi connectivity index (χ0v) is 10.6. The highest BCUT2D eigenvalue weighted by Crippen LogP contribution is 2.33. The van der Waals surface area contributed by atoms with Crippen LogP contribution in [-0.2, 0) is 5.60 Å². The maximum atomic E-state index is 12.5. The van der Waals surface area contributed by atoms with E-state index in [2.05, 4.69) is 0 Å². The Morgan fingerprint density at radius 2 is 1.84 bits per heavy atom. The Hall–Kier alpha value is -2.19. The normalized spacial score (nSPS) is 21.3. The number of benzene rings is 2. The molecule has 1 N–H and O–H groups in total. The van der Waals surface area contributed by atoms with Crippen molar-refractivity contribution in [2.24, 2.45) is 0 Å². The van der Waals surface area contributed by atoms with E-state index in [9.17, 15) is 9.90 Å². The van der Waals surface area contributed by atoms with Crippen molar-refractivity contribution in [3.05, 3.63) is 76.9 Å². The third-order valence-corrected chi connectivity index (χ3v) is 3.51. The van der Waals surface area contributed by atoms with Crippen molar-refractivity contribution in [1.29, 1.82) is 0 Å².